The second-order valence-corrected chi connectivity index (χ2v) is 5.32. The van der Waals surface area contributed by atoms with Gasteiger partial charge in [-0.3, -0.25) is 0 Å². The van der Waals surface area contributed by atoms with Crippen molar-refractivity contribution in [2.24, 2.45) is 5.92 Å². The summed E-state index contributed by atoms with van der Waals surface area (Å²) in [6.45, 7) is 1.08. The van der Waals surface area contributed by atoms with Crippen molar-refractivity contribution in [3.63, 3.8) is 0 Å². The van der Waals surface area contributed by atoms with Crippen LogP contribution >= 0.6 is 0 Å². The van der Waals surface area contributed by atoms with E-state index in [0.29, 0.717) is 11.8 Å². The van der Waals surface area contributed by atoms with Crippen LogP contribution in [0.5, 0.6) is 11.5 Å². The van der Waals surface area contributed by atoms with Gasteiger partial charge in [-0.05, 0) is 49.9 Å². The van der Waals surface area contributed by atoms with E-state index in [4.69, 9.17) is 9.47 Å². The van der Waals surface area contributed by atoms with Gasteiger partial charge in [-0.1, -0.05) is 18.9 Å². The van der Waals surface area contributed by atoms with E-state index in [1.807, 2.05) is 19.2 Å². The molecule has 0 saturated heterocycles. The summed E-state index contributed by atoms with van der Waals surface area (Å²) in [6.07, 6.45) is 5.23. The van der Waals surface area contributed by atoms with E-state index in [-0.39, 0.29) is 0 Å². The third-order valence-electron chi connectivity index (χ3n) is 4.22. The molecule has 2 atom stereocenters. The fourth-order valence-electron chi connectivity index (χ4n) is 3.25. The molecule has 1 aliphatic carbocycles. The molecule has 1 N–H and O–H groups in total. The van der Waals surface area contributed by atoms with Crippen molar-refractivity contribution >= 4 is 0 Å². The molecule has 0 bridgehead atoms. The van der Waals surface area contributed by atoms with Crippen LogP contribution in [-0.4, -0.2) is 27.8 Å². The Balaban J connectivity index is 2.27. The highest BCUT2D eigenvalue weighted by atomic mass is 16.5. The number of ether oxygens (including phenoxy) is 2. The van der Waals surface area contributed by atoms with Gasteiger partial charge in [-0.2, -0.15) is 0 Å². The van der Waals surface area contributed by atoms with Gasteiger partial charge >= 0.3 is 0 Å². The van der Waals surface area contributed by atoms with Gasteiger partial charge in [0.2, 0.25) is 0 Å². The summed E-state index contributed by atoms with van der Waals surface area (Å²) in [6, 6.07) is 6.22. The highest BCUT2D eigenvalue weighted by Gasteiger charge is 2.28. The van der Waals surface area contributed by atoms with Gasteiger partial charge in [-0.25, -0.2) is 0 Å². The third-order valence-corrected chi connectivity index (χ3v) is 4.22. The van der Waals surface area contributed by atoms with Gasteiger partial charge in [0.05, 0.1) is 14.2 Å². The van der Waals surface area contributed by atoms with Crippen molar-refractivity contribution in [3.05, 3.63) is 23.8 Å². The molecule has 3 nitrogen and oxygen atoms in total. The molecule has 0 radical (unpaired) electrons. The van der Waals surface area contributed by atoms with Crippen LogP contribution in [0.4, 0.5) is 0 Å². The normalized spacial score (nSPS) is 23.1. The fraction of sp³-hybridized carbons (Fsp3) is 0.625. The maximum atomic E-state index is 5.57. The lowest BCUT2D eigenvalue weighted by atomic mass is 9.75. The Kier molecular flexibility index (Phi) is 5.08. The topological polar surface area (TPSA) is 30.5 Å². The number of hydrogen-bond donors (Lipinski definition) is 1. The van der Waals surface area contributed by atoms with Crippen LogP contribution in [0.3, 0.4) is 0 Å². The standard InChI is InChI=1S/C16H25NO2/c1-17-11-12-6-4-5-7-14(12)15-9-8-13(18-2)10-16(15)19-3/h8-10,12,14,17H,4-7,11H2,1-3H3. The van der Waals surface area contributed by atoms with Crippen molar-refractivity contribution < 1.29 is 9.47 Å². The van der Waals surface area contributed by atoms with Crippen LogP contribution in [0.25, 0.3) is 0 Å². The summed E-state index contributed by atoms with van der Waals surface area (Å²) in [7, 11) is 5.48. The molecule has 0 heterocycles. The molecule has 0 spiro atoms. The quantitative estimate of drug-likeness (QED) is 0.885. The first-order valence-corrected chi connectivity index (χ1v) is 7.16. The summed E-state index contributed by atoms with van der Waals surface area (Å²) >= 11 is 0. The Morgan fingerprint density at radius 1 is 1.16 bits per heavy atom. The summed E-state index contributed by atoms with van der Waals surface area (Å²) in [4.78, 5) is 0. The van der Waals surface area contributed by atoms with Gasteiger partial charge in [0.25, 0.3) is 0 Å². The molecule has 0 aliphatic heterocycles. The van der Waals surface area contributed by atoms with Gasteiger partial charge in [0.1, 0.15) is 11.5 Å². The molecule has 2 unspecified atom stereocenters. The molecule has 1 aromatic rings. The highest BCUT2D eigenvalue weighted by Crippen LogP contribution is 2.42. The highest BCUT2D eigenvalue weighted by molar-refractivity contribution is 5.43. The van der Waals surface area contributed by atoms with E-state index in [1.165, 1.54) is 31.2 Å². The second-order valence-electron chi connectivity index (χ2n) is 5.32. The third kappa shape index (κ3) is 3.21. The zero-order chi connectivity index (χ0) is 13.7. The molecule has 1 aliphatic rings. The minimum atomic E-state index is 0.599. The lowest BCUT2D eigenvalue weighted by molar-refractivity contribution is 0.292. The first kappa shape index (κ1) is 14.2. The first-order valence-electron chi connectivity index (χ1n) is 7.16. The molecule has 19 heavy (non-hydrogen) atoms. The van der Waals surface area contributed by atoms with Crippen molar-refractivity contribution in [1.29, 1.82) is 0 Å². The van der Waals surface area contributed by atoms with Crippen LogP contribution in [0, 0.1) is 5.92 Å². The van der Waals surface area contributed by atoms with E-state index in [9.17, 15) is 0 Å². The Morgan fingerprint density at radius 2 is 1.95 bits per heavy atom. The summed E-state index contributed by atoms with van der Waals surface area (Å²) in [5.74, 6) is 3.14. The Hall–Kier alpha value is -1.22. The van der Waals surface area contributed by atoms with E-state index in [1.54, 1.807) is 14.2 Å². The molecule has 1 saturated carbocycles. The second kappa shape index (κ2) is 6.80. The van der Waals surface area contributed by atoms with E-state index < -0.39 is 0 Å². The van der Waals surface area contributed by atoms with Crippen molar-refractivity contribution in [2.45, 2.75) is 31.6 Å². The maximum Gasteiger partial charge on any atom is 0.126 e. The number of hydrogen-bond acceptors (Lipinski definition) is 3. The molecular weight excluding hydrogens is 238 g/mol. The molecule has 106 valence electrons. The number of rotatable bonds is 5. The smallest absolute Gasteiger partial charge is 0.126 e. The summed E-state index contributed by atoms with van der Waals surface area (Å²) in [5, 5.41) is 3.33. The van der Waals surface area contributed by atoms with E-state index in [2.05, 4.69) is 11.4 Å². The molecule has 1 aromatic carbocycles. The van der Waals surface area contributed by atoms with Crippen molar-refractivity contribution in [3.8, 4) is 11.5 Å². The van der Waals surface area contributed by atoms with Crippen LogP contribution in [0.15, 0.2) is 18.2 Å². The molecule has 2 rings (SSSR count). The minimum Gasteiger partial charge on any atom is -0.497 e. The molecular formula is C16H25NO2. The van der Waals surface area contributed by atoms with Gasteiger partial charge in [0.15, 0.2) is 0 Å². The predicted octanol–water partition coefficient (Wildman–Crippen LogP) is 3.20. The van der Waals surface area contributed by atoms with Gasteiger partial charge in [-0.15, -0.1) is 0 Å². The van der Waals surface area contributed by atoms with Crippen LogP contribution in [-0.2, 0) is 0 Å². The zero-order valence-corrected chi connectivity index (χ0v) is 12.2. The Bertz CT molecular complexity index is 404. The SMILES string of the molecule is CNCC1CCCCC1c1ccc(OC)cc1OC. The van der Waals surface area contributed by atoms with Gasteiger partial charge < -0.3 is 14.8 Å². The minimum absolute atomic E-state index is 0.599. The maximum absolute atomic E-state index is 5.57. The molecule has 0 amide bonds. The molecule has 1 fully saturated rings. The van der Waals surface area contributed by atoms with Gasteiger partial charge in [0, 0.05) is 6.07 Å². The van der Waals surface area contributed by atoms with Crippen LogP contribution in [0.1, 0.15) is 37.2 Å². The monoisotopic (exact) mass is 263 g/mol. The first-order chi connectivity index (χ1) is 9.30. The van der Waals surface area contributed by atoms with E-state index >= 15 is 0 Å². The lowest BCUT2D eigenvalue weighted by Crippen LogP contribution is -2.27. The van der Waals surface area contributed by atoms with Crippen molar-refractivity contribution in [1.82, 2.24) is 5.32 Å². The van der Waals surface area contributed by atoms with E-state index in [0.717, 1.165) is 18.0 Å². The largest absolute Gasteiger partial charge is 0.497 e. The number of benzene rings is 1. The number of nitrogens with one attached hydrogen (secondary N) is 1. The molecule has 3 heteroatoms. The summed E-state index contributed by atoms with van der Waals surface area (Å²) < 4.78 is 10.8. The zero-order valence-electron chi connectivity index (χ0n) is 12.2. The Morgan fingerprint density at radius 3 is 2.63 bits per heavy atom. The Labute approximate surface area is 116 Å². The predicted molar refractivity (Wildman–Crippen MR) is 78.2 cm³/mol. The van der Waals surface area contributed by atoms with Crippen molar-refractivity contribution in [2.75, 3.05) is 27.8 Å². The average molecular weight is 263 g/mol. The molecule has 0 aromatic heterocycles. The fourth-order valence-corrected chi connectivity index (χ4v) is 3.25. The van der Waals surface area contributed by atoms with Crippen LogP contribution < -0.4 is 14.8 Å². The average Bonchev–Trinajstić information content (AvgIpc) is 2.47. The summed E-state index contributed by atoms with van der Waals surface area (Å²) in [5.41, 5.74) is 1.34. The van der Waals surface area contributed by atoms with Crippen LogP contribution in [0.2, 0.25) is 0 Å². The number of methoxy groups -OCH3 is 2. The lowest BCUT2D eigenvalue weighted by Gasteiger charge is -2.32.